The van der Waals surface area contributed by atoms with Gasteiger partial charge in [-0.3, -0.25) is 4.79 Å². The second-order valence-corrected chi connectivity index (χ2v) is 9.35. The first-order valence-corrected chi connectivity index (χ1v) is 13.2. The molecule has 1 unspecified atom stereocenters. The van der Waals surface area contributed by atoms with Gasteiger partial charge in [-0.25, -0.2) is 14.4 Å². The summed E-state index contributed by atoms with van der Waals surface area (Å²) in [5.74, 6) is -0.173. The van der Waals surface area contributed by atoms with Crippen molar-refractivity contribution < 1.29 is 9.18 Å². The van der Waals surface area contributed by atoms with E-state index in [1.165, 1.54) is 18.2 Å². The zero-order valence-corrected chi connectivity index (χ0v) is 22.9. The first-order chi connectivity index (χ1) is 18.9. The fourth-order valence-corrected chi connectivity index (χ4v) is 4.69. The number of amides is 1. The second-order valence-electron chi connectivity index (χ2n) is 9.35. The molecule has 1 atom stereocenters. The number of halogens is 1. The average molecular weight is 527 g/mol. The van der Waals surface area contributed by atoms with Crippen molar-refractivity contribution in [2.75, 3.05) is 42.7 Å². The Morgan fingerprint density at radius 3 is 2.64 bits per heavy atom. The number of hydrogen-bond donors (Lipinski definition) is 2. The number of carbonyl (C=O) groups excluding carboxylic acids is 1. The van der Waals surface area contributed by atoms with E-state index in [4.69, 9.17) is 4.98 Å². The molecule has 3 aromatic carbocycles. The van der Waals surface area contributed by atoms with E-state index in [9.17, 15) is 9.18 Å². The quantitative estimate of drug-likeness (QED) is 0.269. The molecule has 0 saturated carbocycles. The van der Waals surface area contributed by atoms with Crippen molar-refractivity contribution in [3.8, 4) is 11.1 Å². The number of carbonyl (C=O) groups is 1. The van der Waals surface area contributed by atoms with Gasteiger partial charge in [0.25, 0.3) is 0 Å². The molecule has 0 aliphatic carbocycles. The zero-order chi connectivity index (χ0) is 27.9. The summed E-state index contributed by atoms with van der Waals surface area (Å²) in [6.07, 6.45) is 4.06. The third kappa shape index (κ3) is 6.41. The molecular formula is C31H35FN6O. The third-order valence-electron chi connectivity index (χ3n) is 6.68. The SMILES string of the molecule is C=CC(=O)Nc1cc(Nc2ncc3cccc(-c4cccc(F)c4)c3n2)ccc1N1CCC(N(C)C)C1.CC. The molecule has 0 bridgehead atoms. The van der Waals surface area contributed by atoms with Gasteiger partial charge >= 0.3 is 0 Å². The first kappa shape index (κ1) is 27.7. The molecule has 0 radical (unpaired) electrons. The van der Waals surface area contributed by atoms with E-state index >= 15 is 0 Å². The summed E-state index contributed by atoms with van der Waals surface area (Å²) in [6, 6.07) is 18.5. The van der Waals surface area contributed by atoms with Gasteiger partial charge in [-0.2, -0.15) is 0 Å². The van der Waals surface area contributed by atoms with Crippen molar-refractivity contribution in [2.24, 2.45) is 0 Å². The van der Waals surface area contributed by atoms with Crippen molar-refractivity contribution in [2.45, 2.75) is 26.3 Å². The largest absolute Gasteiger partial charge is 0.368 e. The van der Waals surface area contributed by atoms with Crippen LogP contribution in [0.5, 0.6) is 0 Å². The lowest BCUT2D eigenvalue weighted by atomic mass is 10.0. The fourth-order valence-electron chi connectivity index (χ4n) is 4.69. The van der Waals surface area contributed by atoms with Gasteiger partial charge in [-0.1, -0.05) is 50.8 Å². The van der Waals surface area contributed by atoms with Crippen LogP contribution in [-0.2, 0) is 4.79 Å². The molecule has 1 fully saturated rings. The molecule has 1 amide bonds. The van der Waals surface area contributed by atoms with Crippen LogP contribution in [0.1, 0.15) is 20.3 Å². The van der Waals surface area contributed by atoms with Gasteiger partial charge in [-0.05, 0) is 62.5 Å². The summed E-state index contributed by atoms with van der Waals surface area (Å²) in [4.78, 5) is 25.9. The maximum atomic E-state index is 13.9. The third-order valence-corrected chi connectivity index (χ3v) is 6.68. The van der Waals surface area contributed by atoms with Crippen LogP contribution >= 0.6 is 0 Å². The molecule has 7 nitrogen and oxygen atoms in total. The highest BCUT2D eigenvalue weighted by Gasteiger charge is 2.26. The van der Waals surface area contributed by atoms with Crippen LogP contribution in [0.25, 0.3) is 22.0 Å². The Hall–Kier alpha value is -4.30. The molecule has 1 aliphatic heterocycles. The Bertz CT molecular complexity index is 1470. The minimum Gasteiger partial charge on any atom is -0.368 e. The maximum absolute atomic E-state index is 13.9. The first-order valence-electron chi connectivity index (χ1n) is 13.2. The van der Waals surface area contributed by atoms with Crippen molar-refractivity contribution in [3.05, 3.63) is 85.3 Å². The predicted octanol–water partition coefficient (Wildman–Crippen LogP) is 6.47. The molecule has 2 heterocycles. The lowest BCUT2D eigenvalue weighted by Gasteiger charge is -2.24. The van der Waals surface area contributed by atoms with Gasteiger partial charge in [0.15, 0.2) is 0 Å². The smallest absolute Gasteiger partial charge is 0.247 e. The number of benzene rings is 3. The average Bonchev–Trinajstić information content (AvgIpc) is 3.44. The second kappa shape index (κ2) is 12.5. The number of aromatic nitrogens is 2. The highest BCUT2D eigenvalue weighted by Crippen LogP contribution is 2.34. The number of nitrogens with zero attached hydrogens (tertiary/aromatic N) is 4. The zero-order valence-electron chi connectivity index (χ0n) is 22.9. The monoisotopic (exact) mass is 526 g/mol. The Morgan fingerprint density at radius 2 is 1.92 bits per heavy atom. The van der Waals surface area contributed by atoms with E-state index in [0.717, 1.165) is 47.4 Å². The van der Waals surface area contributed by atoms with E-state index in [1.807, 2.05) is 56.3 Å². The molecule has 0 spiro atoms. The van der Waals surface area contributed by atoms with E-state index in [0.29, 0.717) is 23.2 Å². The van der Waals surface area contributed by atoms with Crippen LogP contribution < -0.4 is 15.5 Å². The Balaban J connectivity index is 0.00000172. The maximum Gasteiger partial charge on any atom is 0.247 e. The normalized spacial score (nSPS) is 14.6. The van der Waals surface area contributed by atoms with E-state index in [-0.39, 0.29) is 11.7 Å². The van der Waals surface area contributed by atoms with Gasteiger partial charge in [0.1, 0.15) is 5.82 Å². The molecule has 2 N–H and O–H groups in total. The molecule has 1 aliphatic rings. The summed E-state index contributed by atoms with van der Waals surface area (Å²) in [7, 11) is 4.18. The number of fused-ring (bicyclic) bond motifs is 1. The Morgan fingerprint density at radius 1 is 1.13 bits per heavy atom. The van der Waals surface area contributed by atoms with Crippen LogP contribution in [0.4, 0.5) is 27.4 Å². The molecule has 5 rings (SSSR count). The number of anilines is 4. The van der Waals surface area contributed by atoms with Crippen LogP contribution in [0, 0.1) is 5.82 Å². The lowest BCUT2D eigenvalue weighted by molar-refractivity contribution is -0.111. The topological polar surface area (TPSA) is 73.4 Å². The molecule has 202 valence electrons. The van der Waals surface area contributed by atoms with Crippen LogP contribution in [0.3, 0.4) is 0 Å². The molecule has 1 aromatic heterocycles. The number of hydrogen-bond acceptors (Lipinski definition) is 6. The summed E-state index contributed by atoms with van der Waals surface area (Å²) in [5, 5.41) is 7.06. The van der Waals surface area contributed by atoms with Crippen molar-refractivity contribution >= 4 is 39.8 Å². The van der Waals surface area contributed by atoms with Crippen molar-refractivity contribution in [1.29, 1.82) is 0 Å². The van der Waals surface area contributed by atoms with Gasteiger partial charge in [-0.15, -0.1) is 0 Å². The molecular weight excluding hydrogens is 491 g/mol. The van der Waals surface area contributed by atoms with E-state index in [1.54, 1.807) is 12.3 Å². The Labute approximate surface area is 229 Å². The highest BCUT2D eigenvalue weighted by atomic mass is 19.1. The van der Waals surface area contributed by atoms with Crippen LogP contribution in [0.2, 0.25) is 0 Å². The van der Waals surface area contributed by atoms with Crippen LogP contribution in [-0.4, -0.2) is 54.0 Å². The molecule has 1 saturated heterocycles. The molecule has 8 heteroatoms. The molecule has 39 heavy (non-hydrogen) atoms. The van der Waals surface area contributed by atoms with E-state index < -0.39 is 0 Å². The summed E-state index contributed by atoms with van der Waals surface area (Å²) in [5.41, 5.74) is 4.66. The minimum absolute atomic E-state index is 0.275. The molecule has 4 aromatic rings. The fraction of sp³-hybridized carbons (Fsp3) is 0.258. The number of nitrogens with one attached hydrogen (secondary N) is 2. The predicted molar refractivity (Wildman–Crippen MR) is 159 cm³/mol. The van der Waals surface area contributed by atoms with Gasteiger partial charge in [0.05, 0.1) is 16.9 Å². The standard InChI is InChI=1S/C29H29FN6O.C2H6/c1-4-27(37)33-25-16-22(11-12-26(25)36-14-13-23(18-36)35(2)3)32-29-31-17-20-8-6-10-24(28(20)34-29)19-7-5-9-21(30)15-19;1-2/h4-12,15-17,23H,1,13-14,18H2,2-3H3,(H,33,37)(H,31,32,34);1-2H3. The van der Waals surface area contributed by atoms with Crippen molar-refractivity contribution in [3.63, 3.8) is 0 Å². The Kier molecular flexibility index (Phi) is 8.88. The minimum atomic E-state index is -0.300. The number of rotatable bonds is 7. The highest BCUT2D eigenvalue weighted by molar-refractivity contribution is 6.02. The van der Waals surface area contributed by atoms with Crippen LogP contribution in [0.15, 0.2) is 79.5 Å². The van der Waals surface area contributed by atoms with E-state index in [2.05, 4.69) is 46.1 Å². The lowest BCUT2D eigenvalue weighted by Crippen LogP contribution is -2.31. The van der Waals surface area contributed by atoms with Crippen molar-refractivity contribution in [1.82, 2.24) is 14.9 Å². The number of likely N-dealkylation sites (N-methyl/N-ethyl adjacent to an activating group) is 1. The summed E-state index contributed by atoms with van der Waals surface area (Å²) >= 11 is 0. The van der Waals surface area contributed by atoms with Gasteiger partial charge < -0.3 is 20.4 Å². The summed E-state index contributed by atoms with van der Waals surface area (Å²) in [6.45, 7) is 9.37. The van der Waals surface area contributed by atoms with Gasteiger partial charge in [0.2, 0.25) is 11.9 Å². The number of para-hydroxylation sites is 1. The summed E-state index contributed by atoms with van der Waals surface area (Å²) < 4.78 is 13.9. The van der Waals surface area contributed by atoms with Gasteiger partial charge in [0, 0.05) is 42.0 Å².